The van der Waals surface area contributed by atoms with Crippen molar-refractivity contribution in [3.05, 3.63) is 35.9 Å². The molecule has 2 aliphatic rings. The number of rotatable bonds is 4. The van der Waals surface area contributed by atoms with Crippen LogP contribution in [0, 0.1) is 5.92 Å². The lowest BCUT2D eigenvalue weighted by Crippen LogP contribution is -2.43. The first-order valence-electron chi connectivity index (χ1n) is 7.85. The normalized spacial score (nSPS) is 26.7. The Morgan fingerprint density at radius 1 is 1.19 bits per heavy atom. The fourth-order valence-corrected chi connectivity index (χ4v) is 3.32. The lowest BCUT2D eigenvalue weighted by atomic mass is 10.1. The summed E-state index contributed by atoms with van der Waals surface area (Å²) in [7, 11) is 1.92. The smallest absolute Gasteiger partial charge is 0.229 e. The molecular weight excluding hydrogens is 264 g/mol. The first-order chi connectivity index (χ1) is 10.2. The number of carbonyl (C=O) groups excluding carboxylic acids is 1. The van der Waals surface area contributed by atoms with Crippen LogP contribution < -0.4 is 0 Å². The van der Waals surface area contributed by atoms with Crippen molar-refractivity contribution in [3.63, 3.8) is 0 Å². The molecule has 0 spiro atoms. The molecule has 0 aromatic heterocycles. The summed E-state index contributed by atoms with van der Waals surface area (Å²) < 4.78 is 5.64. The molecular formula is C17H24N2O2. The lowest BCUT2D eigenvalue weighted by molar-refractivity contribution is -0.133. The fourth-order valence-electron chi connectivity index (χ4n) is 3.32. The maximum Gasteiger partial charge on any atom is 0.229 e. The van der Waals surface area contributed by atoms with Gasteiger partial charge in [0.05, 0.1) is 25.2 Å². The number of ether oxygens (including phenoxy) is 1. The molecule has 2 heterocycles. The van der Waals surface area contributed by atoms with Crippen molar-refractivity contribution in [2.75, 3.05) is 39.9 Å². The van der Waals surface area contributed by atoms with Crippen molar-refractivity contribution < 1.29 is 9.53 Å². The number of hydrogen-bond acceptors (Lipinski definition) is 3. The third-order valence-corrected chi connectivity index (χ3v) is 4.60. The van der Waals surface area contributed by atoms with Crippen molar-refractivity contribution in [2.24, 2.45) is 5.92 Å². The summed E-state index contributed by atoms with van der Waals surface area (Å²) in [6.45, 7) is 4.09. The van der Waals surface area contributed by atoms with Crippen LogP contribution in [0.2, 0.25) is 0 Å². The molecule has 2 bridgehead atoms. The number of carbonyl (C=O) groups is 1. The number of nitrogens with zero attached hydrogens (tertiary/aromatic N) is 2. The van der Waals surface area contributed by atoms with Gasteiger partial charge in [0.1, 0.15) is 0 Å². The molecule has 114 valence electrons. The van der Waals surface area contributed by atoms with Crippen molar-refractivity contribution in [3.8, 4) is 0 Å². The highest BCUT2D eigenvalue weighted by atomic mass is 16.5. The van der Waals surface area contributed by atoms with Gasteiger partial charge in [0.15, 0.2) is 0 Å². The van der Waals surface area contributed by atoms with Crippen LogP contribution in [0.1, 0.15) is 12.0 Å². The van der Waals surface area contributed by atoms with Crippen LogP contribution in [0.3, 0.4) is 0 Å². The van der Waals surface area contributed by atoms with E-state index in [1.165, 1.54) is 5.56 Å². The third kappa shape index (κ3) is 3.44. The van der Waals surface area contributed by atoms with Gasteiger partial charge in [-0.3, -0.25) is 4.79 Å². The summed E-state index contributed by atoms with van der Waals surface area (Å²) in [6, 6.07) is 10.8. The number of fused-ring (bicyclic) bond motifs is 3. The summed E-state index contributed by atoms with van der Waals surface area (Å²) >= 11 is 0. The largest absolute Gasteiger partial charge is 0.378 e. The van der Waals surface area contributed by atoms with Crippen LogP contribution in [-0.4, -0.2) is 61.6 Å². The molecule has 0 unspecified atom stereocenters. The Labute approximate surface area is 126 Å². The van der Waals surface area contributed by atoms with Crippen molar-refractivity contribution >= 4 is 5.91 Å². The van der Waals surface area contributed by atoms with E-state index in [4.69, 9.17) is 4.74 Å². The zero-order valence-electron chi connectivity index (χ0n) is 12.7. The van der Waals surface area contributed by atoms with Gasteiger partial charge in [-0.25, -0.2) is 0 Å². The van der Waals surface area contributed by atoms with Gasteiger partial charge in [0, 0.05) is 20.1 Å². The molecule has 0 saturated carbocycles. The Bertz CT molecular complexity index is 477. The summed E-state index contributed by atoms with van der Waals surface area (Å²) in [4.78, 5) is 16.6. The Morgan fingerprint density at radius 3 is 2.81 bits per heavy atom. The van der Waals surface area contributed by atoms with Gasteiger partial charge >= 0.3 is 0 Å². The second-order valence-electron chi connectivity index (χ2n) is 6.19. The molecule has 1 aromatic carbocycles. The Kier molecular flexibility index (Phi) is 4.56. The third-order valence-electron chi connectivity index (χ3n) is 4.60. The highest BCUT2D eigenvalue weighted by Gasteiger charge is 2.36. The highest BCUT2D eigenvalue weighted by molar-refractivity contribution is 5.79. The summed E-state index contributed by atoms with van der Waals surface area (Å²) in [5, 5.41) is 0. The van der Waals surface area contributed by atoms with Gasteiger partial charge in [-0.05, 0) is 24.9 Å². The maximum absolute atomic E-state index is 12.3. The predicted octanol–water partition coefficient (Wildman–Crippen LogP) is 1.41. The van der Waals surface area contributed by atoms with E-state index >= 15 is 0 Å². The van der Waals surface area contributed by atoms with Crippen LogP contribution in [0.25, 0.3) is 0 Å². The van der Waals surface area contributed by atoms with Gasteiger partial charge in [0.25, 0.3) is 0 Å². The van der Waals surface area contributed by atoms with Gasteiger partial charge in [-0.1, -0.05) is 30.3 Å². The van der Waals surface area contributed by atoms with Gasteiger partial charge in [0.2, 0.25) is 5.91 Å². The topological polar surface area (TPSA) is 32.8 Å². The number of likely N-dealkylation sites (N-methyl/N-ethyl adjacent to an activating group) is 1. The van der Waals surface area contributed by atoms with Crippen LogP contribution in [-0.2, 0) is 16.0 Å². The van der Waals surface area contributed by atoms with Crippen LogP contribution in [0.4, 0.5) is 0 Å². The molecule has 0 radical (unpaired) electrons. The Morgan fingerprint density at radius 2 is 2.00 bits per heavy atom. The van der Waals surface area contributed by atoms with Crippen LogP contribution >= 0.6 is 0 Å². The average molecular weight is 288 g/mol. The standard InChI is InChI=1S/C17H24N2O2/c1-18-16-11-19(10-15(17(18)20)12-21-13-16)9-5-8-14-6-3-2-4-7-14/h2-4,6-7,15-16H,5,8-13H2,1H3/t15-,16+/m1/s1. The zero-order chi connectivity index (χ0) is 14.7. The number of benzene rings is 1. The minimum Gasteiger partial charge on any atom is -0.378 e. The summed E-state index contributed by atoms with van der Waals surface area (Å²) in [5.74, 6) is 0.266. The van der Waals surface area contributed by atoms with Gasteiger partial charge < -0.3 is 14.5 Å². The molecule has 2 saturated heterocycles. The summed E-state index contributed by atoms with van der Waals surface area (Å²) in [5.41, 5.74) is 1.39. The molecule has 21 heavy (non-hydrogen) atoms. The van der Waals surface area contributed by atoms with E-state index in [-0.39, 0.29) is 17.9 Å². The molecule has 1 aromatic rings. The summed E-state index contributed by atoms with van der Waals surface area (Å²) in [6.07, 6.45) is 2.25. The highest BCUT2D eigenvalue weighted by Crippen LogP contribution is 2.20. The second-order valence-corrected chi connectivity index (χ2v) is 6.19. The van der Waals surface area contributed by atoms with E-state index in [2.05, 4.69) is 35.2 Å². The predicted molar refractivity (Wildman–Crippen MR) is 82.1 cm³/mol. The van der Waals surface area contributed by atoms with E-state index in [0.29, 0.717) is 13.2 Å². The van der Waals surface area contributed by atoms with E-state index in [0.717, 1.165) is 32.5 Å². The molecule has 2 atom stereocenters. The zero-order valence-corrected chi connectivity index (χ0v) is 12.7. The van der Waals surface area contributed by atoms with E-state index in [1.54, 1.807) is 0 Å². The second kappa shape index (κ2) is 6.58. The van der Waals surface area contributed by atoms with Crippen LogP contribution in [0.15, 0.2) is 30.3 Å². The number of amides is 1. The van der Waals surface area contributed by atoms with E-state index in [9.17, 15) is 4.79 Å². The molecule has 4 nitrogen and oxygen atoms in total. The minimum atomic E-state index is 0.0132. The maximum atomic E-state index is 12.3. The van der Waals surface area contributed by atoms with Gasteiger partial charge in [-0.15, -0.1) is 0 Å². The fraction of sp³-hybridized carbons (Fsp3) is 0.588. The van der Waals surface area contributed by atoms with Crippen LogP contribution in [0.5, 0.6) is 0 Å². The SMILES string of the molecule is CN1C(=O)[C@H]2COC[C@@H]1CN(CCCc1ccccc1)C2. The molecule has 1 amide bonds. The van der Waals surface area contributed by atoms with E-state index in [1.807, 2.05) is 11.9 Å². The molecule has 2 fully saturated rings. The Hall–Kier alpha value is -1.39. The number of aryl methyl sites for hydroxylation is 1. The molecule has 0 aliphatic carbocycles. The molecule has 2 aliphatic heterocycles. The monoisotopic (exact) mass is 288 g/mol. The molecule has 0 N–H and O–H groups in total. The van der Waals surface area contributed by atoms with Crippen molar-refractivity contribution in [2.45, 2.75) is 18.9 Å². The van der Waals surface area contributed by atoms with Crippen molar-refractivity contribution in [1.29, 1.82) is 0 Å². The first-order valence-corrected chi connectivity index (χ1v) is 7.85. The Balaban J connectivity index is 1.56. The minimum absolute atomic E-state index is 0.0132. The van der Waals surface area contributed by atoms with Gasteiger partial charge in [-0.2, -0.15) is 0 Å². The molecule has 3 rings (SSSR count). The van der Waals surface area contributed by atoms with E-state index < -0.39 is 0 Å². The average Bonchev–Trinajstić information content (AvgIpc) is 2.67. The first kappa shape index (κ1) is 14.5. The quantitative estimate of drug-likeness (QED) is 0.840. The molecule has 4 heteroatoms. The van der Waals surface area contributed by atoms with Crippen molar-refractivity contribution in [1.82, 2.24) is 9.80 Å². The number of hydrogen-bond donors (Lipinski definition) is 0. The lowest BCUT2D eigenvalue weighted by Gasteiger charge is -2.29.